The van der Waals surface area contributed by atoms with Crippen LogP contribution in [-0.4, -0.2) is 11.1 Å². The Bertz CT molecular complexity index is 224. The maximum atomic E-state index is 10.4. The van der Waals surface area contributed by atoms with Crippen molar-refractivity contribution in [1.82, 2.24) is 10.4 Å². The molecule has 0 saturated heterocycles. The molecule has 0 bridgehead atoms. The number of rotatable bonds is 2. The quantitative estimate of drug-likeness (QED) is 0.381. The highest BCUT2D eigenvalue weighted by Gasteiger charge is 1.99. The van der Waals surface area contributed by atoms with Gasteiger partial charge in [0.1, 0.15) is 6.61 Å². The summed E-state index contributed by atoms with van der Waals surface area (Å²) in [7, 11) is 0. The molecule has 11 heavy (non-hydrogen) atoms. The Morgan fingerprint density at radius 2 is 2.73 bits per heavy atom. The Morgan fingerprint density at radius 3 is 3.27 bits per heavy atom. The fraction of sp³-hybridized carbons (Fsp3) is 0.200. The highest BCUT2D eigenvalue weighted by atomic mass is 32.1. The number of hydrogen-bond donors (Lipinski definition) is 2. The van der Waals surface area contributed by atoms with E-state index in [1.54, 1.807) is 11.7 Å². The summed E-state index contributed by atoms with van der Waals surface area (Å²) in [5.74, 6) is 4.77. The number of hydrazine groups is 1. The number of amides is 1. The van der Waals surface area contributed by atoms with E-state index < -0.39 is 6.09 Å². The minimum Gasteiger partial charge on any atom is -0.443 e. The van der Waals surface area contributed by atoms with E-state index in [0.717, 1.165) is 4.88 Å². The molecule has 0 aliphatic heterocycles. The lowest BCUT2D eigenvalue weighted by molar-refractivity contribution is 0.141. The van der Waals surface area contributed by atoms with Gasteiger partial charge in [-0.2, -0.15) is 0 Å². The monoisotopic (exact) mass is 173 g/mol. The molecule has 6 heteroatoms. The molecule has 1 aromatic heterocycles. The number of aromatic nitrogens is 1. The first-order valence-electron chi connectivity index (χ1n) is 2.83. The molecule has 0 saturated carbocycles. The Labute approximate surface area is 67.2 Å². The summed E-state index contributed by atoms with van der Waals surface area (Å²) in [5.41, 5.74) is 3.52. The number of nitrogens with two attached hydrogens (primary N) is 1. The molecule has 0 fully saturated rings. The standard InChI is InChI=1S/C5H7N3O2S/c6-8-5(9)10-2-4-1-7-3-11-4/h1,3H,2,6H2,(H,8,9). The summed E-state index contributed by atoms with van der Waals surface area (Å²) in [6, 6.07) is 0. The highest BCUT2D eigenvalue weighted by Crippen LogP contribution is 2.06. The van der Waals surface area contributed by atoms with Crippen molar-refractivity contribution in [3.05, 3.63) is 16.6 Å². The second-order valence-electron chi connectivity index (χ2n) is 1.69. The van der Waals surface area contributed by atoms with Crippen LogP contribution in [0, 0.1) is 0 Å². The number of nitrogens with zero attached hydrogens (tertiary/aromatic N) is 1. The van der Waals surface area contributed by atoms with E-state index in [1.165, 1.54) is 11.3 Å². The summed E-state index contributed by atoms with van der Waals surface area (Å²) >= 11 is 1.42. The maximum Gasteiger partial charge on any atom is 0.421 e. The van der Waals surface area contributed by atoms with E-state index >= 15 is 0 Å². The minimum atomic E-state index is -0.640. The van der Waals surface area contributed by atoms with Crippen LogP contribution in [0.5, 0.6) is 0 Å². The van der Waals surface area contributed by atoms with Gasteiger partial charge in [0.05, 0.1) is 10.4 Å². The zero-order chi connectivity index (χ0) is 8.10. The van der Waals surface area contributed by atoms with Crippen LogP contribution in [0.3, 0.4) is 0 Å². The van der Waals surface area contributed by atoms with Gasteiger partial charge in [-0.15, -0.1) is 11.3 Å². The van der Waals surface area contributed by atoms with Gasteiger partial charge in [-0.05, 0) is 0 Å². The third-order valence-electron chi connectivity index (χ3n) is 0.947. The van der Waals surface area contributed by atoms with Gasteiger partial charge in [-0.1, -0.05) is 0 Å². The Morgan fingerprint density at radius 1 is 1.91 bits per heavy atom. The van der Waals surface area contributed by atoms with Crippen molar-refractivity contribution in [2.45, 2.75) is 6.61 Å². The lowest BCUT2D eigenvalue weighted by Crippen LogP contribution is -2.30. The van der Waals surface area contributed by atoms with Gasteiger partial charge in [0, 0.05) is 6.20 Å². The third-order valence-corrected chi connectivity index (χ3v) is 1.70. The molecule has 3 N–H and O–H groups in total. The van der Waals surface area contributed by atoms with Gasteiger partial charge in [0.25, 0.3) is 0 Å². The Hall–Kier alpha value is -1.14. The van der Waals surface area contributed by atoms with Crippen molar-refractivity contribution in [3.8, 4) is 0 Å². The van der Waals surface area contributed by atoms with Crippen LogP contribution < -0.4 is 11.3 Å². The van der Waals surface area contributed by atoms with Crippen LogP contribution in [-0.2, 0) is 11.3 Å². The normalized spacial score (nSPS) is 9.18. The average Bonchev–Trinajstić information content (AvgIpc) is 2.52. The SMILES string of the molecule is NNC(=O)OCc1cncs1. The topological polar surface area (TPSA) is 77.2 Å². The van der Waals surface area contributed by atoms with Gasteiger partial charge in [-0.25, -0.2) is 10.6 Å². The smallest absolute Gasteiger partial charge is 0.421 e. The average molecular weight is 173 g/mol. The number of nitrogens with one attached hydrogen (secondary N) is 1. The molecule has 0 radical (unpaired) electrons. The first-order valence-corrected chi connectivity index (χ1v) is 3.71. The van der Waals surface area contributed by atoms with Crippen LogP contribution in [0.1, 0.15) is 4.88 Å². The number of carbonyl (C=O) groups is 1. The molecule has 0 atom stereocenters. The lowest BCUT2D eigenvalue weighted by Gasteiger charge is -1.99. The van der Waals surface area contributed by atoms with Gasteiger partial charge in [0.15, 0.2) is 0 Å². The second kappa shape index (κ2) is 3.89. The zero-order valence-electron chi connectivity index (χ0n) is 5.61. The number of thiazole rings is 1. The van der Waals surface area contributed by atoms with Crippen molar-refractivity contribution in [2.75, 3.05) is 0 Å². The van der Waals surface area contributed by atoms with Crippen LogP contribution in [0.15, 0.2) is 11.7 Å². The van der Waals surface area contributed by atoms with E-state index in [1.807, 2.05) is 5.43 Å². The summed E-state index contributed by atoms with van der Waals surface area (Å²) < 4.78 is 4.63. The van der Waals surface area contributed by atoms with E-state index in [-0.39, 0.29) is 6.61 Å². The first-order chi connectivity index (χ1) is 5.33. The van der Waals surface area contributed by atoms with E-state index in [4.69, 9.17) is 5.84 Å². The number of carbonyl (C=O) groups excluding carboxylic acids is 1. The van der Waals surface area contributed by atoms with Crippen LogP contribution in [0.25, 0.3) is 0 Å². The summed E-state index contributed by atoms with van der Waals surface area (Å²) in [6.45, 7) is 0.216. The van der Waals surface area contributed by atoms with Crippen molar-refractivity contribution in [1.29, 1.82) is 0 Å². The summed E-state index contributed by atoms with van der Waals surface area (Å²) in [6.07, 6.45) is 0.993. The predicted octanol–water partition coefficient (Wildman–Crippen LogP) is 0.243. The molecule has 5 nitrogen and oxygen atoms in total. The molecule has 0 unspecified atom stereocenters. The summed E-state index contributed by atoms with van der Waals surface area (Å²) in [5, 5.41) is 0. The molecule has 1 amide bonds. The van der Waals surface area contributed by atoms with Crippen molar-refractivity contribution < 1.29 is 9.53 Å². The van der Waals surface area contributed by atoms with Crippen molar-refractivity contribution in [3.63, 3.8) is 0 Å². The molecule has 1 aromatic rings. The van der Waals surface area contributed by atoms with Gasteiger partial charge < -0.3 is 4.74 Å². The second-order valence-corrected chi connectivity index (χ2v) is 2.66. The molecular formula is C5H7N3O2S. The molecule has 1 rings (SSSR count). The molecule has 0 spiro atoms. The fourth-order valence-corrected chi connectivity index (χ4v) is 0.998. The number of hydrogen-bond acceptors (Lipinski definition) is 5. The predicted molar refractivity (Wildman–Crippen MR) is 39.6 cm³/mol. The van der Waals surface area contributed by atoms with Crippen molar-refractivity contribution in [2.24, 2.45) is 5.84 Å². The van der Waals surface area contributed by atoms with Gasteiger partial charge in [0.2, 0.25) is 0 Å². The molecular weight excluding hydrogens is 166 g/mol. The first kappa shape index (κ1) is 7.96. The van der Waals surface area contributed by atoms with E-state index in [2.05, 4.69) is 9.72 Å². The fourth-order valence-electron chi connectivity index (χ4n) is 0.492. The molecule has 0 aliphatic carbocycles. The Balaban J connectivity index is 2.29. The van der Waals surface area contributed by atoms with Crippen LogP contribution in [0.4, 0.5) is 4.79 Å². The molecule has 0 aromatic carbocycles. The maximum absolute atomic E-state index is 10.4. The van der Waals surface area contributed by atoms with Crippen LogP contribution in [0.2, 0.25) is 0 Å². The van der Waals surface area contributed by atoms with E-state index in [0.29, 0.717) is 0 Å². The minimum absolute atomic E-state index is 0.216. The summed E-state index contributed by atoms with van der Waals surface area (Å²) in [4.78, 5) is 15.1. The largest absolute Gasteiger partial charge is 0.443 e. The molecule has 1 heterocycles. The molecule has 0 aliphatic rings. The third kappa shape index (κ3) is 2.52. The van der Waals surface area contributed by atoms with Gasteiger partial charge in [-0.3, -0.25) is 10.4 Å². The number of ether oxygens (including phenoxy) is 1. The Kier molecular flexibility index (Phi) is 2.82. The van der Waals surface area contributed by atoms with Gasteiger partial charge >= 0.3 is 6.09 Å². The lowest BCUT2D eigenvalue weighted by atomic mass is 10.6. The van der Waals surface area contributed by atoms with Crippen molar-refractivity contribution >= 4 is 17.4 Å². The van der Waals surface area contributed by atoms with E-state index in [9.17, 15) is 4.79 Å². The van der Waals surface area contributed by atoms with Crippen LogP contribution >= 0.6 is 11.3 Å². The highest BCUT2D eigenvalue weighted by molar-refractivity contribution is 7.09. The molecule has 60 valence electrons. The zero-order valence-corrected chi connectivity index (χ0v) is 6.43.